The SMILES string of the molecule is C=C(C)C(=O)c1cc(C)nc2ccccc12. The summed E-state index contributed by atoms with van der Waals surface area (Å²) in [5.41, 5.74) is 2.95. The first-order valence-electron chi connectivity index (χ1n) is 5.16. The fraction of sp³-hybridized carbons (Fsp3) is 0.143. The van der Waals surface area contributed by atoms with Crippen molar-refractivity contribution in [3.63, 3.8) is 0 Å². The molecule has 1 aromatic heterocycles. The number of hydrogen-bond acceptors (Lipinski definition) is 2. The van der Waals surface area contributed by atoms with Crippen LogP contribution in [0.1, 0.15) is 23.0 Å². The number of allylic oxidation sites excluding steroid dienone is 1. The number of para-hydroxylation sites is 1. The zero-order valence-corrected chi connectivity index (χ0v) is 9.45. The van der Waals surface area contributed by atoms with Gasteiger partial charge in [0, 0.05) is 16.6 Å². The van der Waals surface area contributed by atoms with Gasteiger partial charge in [-0.2, -0.15) is 0 Å². The fourth-order valence-electron chi connectivity index (χ4n) is 1.73. The average molecular weight is 211 g/mol. The van der Waals surface area contributed by atoms with Gasteiger partial charge in [0.2, 0.25) is 0 Å². The number of ketones is 1. The number of pyridine rings is 1. The summed E-state index contributed by atoms with van der Waals surface area (Å²) in [6, 6.07) is 9.48. The van der Waals surface area contributed by atoms with Crippen molar-refractivity contribution in [1.82, 2.24) is 4.98 Å². The maximum atomic E-state index is 12.0. The molecule has 1 heterocycles. The number of aryl methyl sites for hydroxylation is 1. The Kier molecular flexibility index (Phi) is 2.57. The molecule has 0 amide bonds. The van der Waals surface area contributed by atoms with Gasteiger partial charge in [-0.15, -0.1) is 0 Å². The van der Waals surface area contributed by atoms with E-state index in [2.05, 4.69) is 11.6 Å². The molecular weight excluding hydrogens is 198 g/mol. The lowest BCUT2D eigenvalue weighted by Crippen LogP contribution is -2.02. The molecule has 2 nitrogen and oxygen atoms in total. The maximum Gasteiger partial charge on any atom is 0.188 e. The Labute approximate surface area is 94.6 Å². The lowest BCUT2D eigenvalue weighted by molar-refractivity contribution is 0.103. The molecule has 0 fully saturated rings. The number of benzene rings is 1. The molecule has 0 saturated carbocycles. The number of hydrogen-bond donors (Lipinski definition) is 0. The van der Waals surface area contributed by atoms with Gasteiger partial charge < -0.3 is 0 Å². The van der Waals surface area contributed by atoms with Crippen molar-refractivity contribution in [2.75, 3.05) is 0 Å². The largest absolute Gasteiger partial charge is 0.289 e. The van der Waals surface area contributed by atoms with Crippen LogP contribution in [-0.2, 0) is 0 Å². The zero-order valence-electron chi connectivity index (χ0n) is 9.45. The molecule has 2 rings (SSSR count). The van der Waals surface area contributed by atoms with Crippen LogP contribution >= 0.6 is 0 Å². The van der Waals surface area contributed by atoms with Crippen molar-refractivity contribution >= 4 is 16.7 Å². The third kappa shape index (κ3) is 1.74. The van der Waals surface area contributed by atoms with Gasteiger partial charge in [-0.25, -0.2) is 0 Å². The Morgan fingerprint density at radius 1 is 1.31 bits per heavy atom. The van der Waals surface area contributed by atoms with E-state index in [-0.39, 0.29) is 5.78 Å². The third-order valence-electron chi connectivity index (χ3n) is 2.48. The van der Waals surface area contributed by atoms with Crippen LogP contribution < -0.4 is 0 Å². The number of Topliss-reactive ketones (excluding diaryl/α,β-unsaturated/α-hetero) is 1. The number of rotatable bonds is 2. The molecule has 0 saturated heterocycles. The Balaban J connectivity index is 2.77. The number of carbonyl (C=O) groups is 1. The number of nitrogens with zero attached hydrogens (tertiary/aromatic N) is 1. The molecule has 16 heavy (non-hydrogen) atoms. The monoisotopic (exact) mass is 211 g/mol. The van der Waals surface area contributed by atoms with E-state index in [4.69, 9.17) is 0 Å². The van der Waals surface area contributed by atoms with Gasteiger partial charge in [-0.3, -0.25) is 9.78 Å². The summed E-state index contributed by atoms with van der Waals surface area (Å²) in [6.45, 7) is 7.32. The molecule has 0 bridgehead atoms. The van der Waals surface area contributed by atoms with Crippen molar-refractivity contribution in [1.29, 1.82) is 0 Å². The summed E-state index contributed by atoms with van der Waals surface area (Å²) >= 11 is 0. The third-order valence-corrected chi connectivity index (χ3v) is 2.48. The molecule has 0 radical (unpaired) electrons. The fourth-order valence-corrected chi connectivity index (χ4v) is 1.73. The summed E-state index contributed by atoms with van der Waals surface area (Å²) in [5, 5.41) is 0.890. The van der Waals surface area contributed by atoms with E-state index in [1.165, 1.54) is 0 Å². The van der Waals surface area contributed by atoms with Gasteiger partial charge in [0.25, 0.3) is 0 Å². The topological polar surface area (TPSA) is 30.0 Å². The van der Waals surface area contributed by atoms with E-state index < -0.39 is 0 Å². The highest BCUT2D eigenvalue weighted by atomic mass is 16.1. The number of fused-ring (bicyclic) bond motifs is 1. The van der Waals surface area contributed by atoms with Crippen molar-refractivity contribution in [3.05, 3.63) is 53.7 Å². The molecule has 0 aliphatic carbocycles. The Morgan fingerprint density at radius 3 is 2.69 bits per heavy atom. The molecule has 80 valence electrons. The van der Waals surface area contributed by atoms with E-state index in [1.807, 2.05) is 37.3 Å². The van der Waals surface area contributed by atoms with Gasteiger partial charge in [-0.1, -0.05) is 24.8 Å². The molecular formula is C14H13NO. The Hall–Kier alpha value is -1.96. The molecule has 0 aliphatic rings. The van der Waals surface area contributed by atoms with Gasteiger partial charge in [0.05, 0.1) is 5.52 Å². The number of carbonyl (C=O) groups excluding carboxylic acids is 1. The molecule has 0 aliphatic heterocycles. The van der Waals surface area contributed by atoms with Crippen LogP contribution in [-0.4, -0.2) is 10.8 Å². The van der Waals surface area contributed by atoms with Crippen LogP contribution in [0.5, 0.6) is 0 Å². The second kappa shape index (κ2) is 3.89. The van der Waals surface area contributed by atoms with Crippen molar-refractivity contribution in [2.24, 2.45) is 0 Å². The Morgan fingerprint density at radius 2 is 2.00 bits per heavy atom. The van der Waals surface area contributed by atoms with Crippen molar-refractivity contribution < 1.29 is 4.79 Å². The normalized spacial score (nSPS) is 10.4. The molecule has 1 aromatic carbocycles. The summed E-state index contributed by atoms with van der Waals surface area (Å²) in [4.78, 5) is 16.4. The maximum absolute atomic E-state index is 12.0. The summed E-state index contributed by atoms with van der Waals surface area (Å²) in [6.07, 6.45) is 0. The van der Waals surface area contributed by atoms with Gasteiger partial charge >= 0.3 is 0 Å². The second-order valence-electron chi connectivity index (χ2n) is 3.94. The smallest absolute Gasteiger partial charge is 0.188 e. The average Bonchev–Trinajstić information content (AvgIpc) is 2.26. The van der Waals surface area contributed by atoms with Crippen molar-refractivity contribution in [2.45, 2.75) is 13.8 Å². The van der Waals surface area contributed by atoms with Crippen LogP contribution in [0.3, 0.4) is 0 Å². The van der Waals surface area contributed by atoms with Gasteiger partial charge in [0.1, 0.15) is 0 Å². The van der Waals surface area contributed by atoms with Crippen LogP contribution in [0.25, 0.3) is 10.9 Å². The van der Waals surface area contributed by atoms with Gasteiger partial charge in [-0.05, 0) is 31.6 Å². The van der Waals surface area contributed by atoms with Crippen LogP contribution in [0.2, 0.25) is 0 Å². The second-order valence-corrected chi connectivity index (χ2v) is 3.94. The minimum atomic E-state index is -0.0123. The Bertz CT molecular complexity index is 584. The minimum Gasteiger partial charge on any atom is -0.289 e. The summed E-state index contributed by atoms with van der Waals surface area (Å²) in [7, 11) is 0. The van der Waals surface area contributed by atoms with Crippen LogP contribution in [0.15, 0.2) is 42.5 Å². The predicted octanol–water partition coefficient (Wildman–Crippen LogP) is 3.30. The minimum absolute atomic E-state index is 0.0123. The predicted molar refractivity (Wildman–Crippen MR) is 65.6 cm³/mol. The van der Waals surface area contributed by atoms with E-state index in [0.29, 0.717) is 11.1 Å². The zero-order chi connectivity index (χ0) is 11.7. The first-order valence-corrected chi connectivity index (χ1v) is 5.16. The molecule has 0 spiro atoms. The molecule has 0 atom stereocenters. The first kappa shape index (κ1) is 10.6. The van der Waals surface area contributed by atoms with E-state index >= 15 is 0 Å². The standard InChI is InChI=1S/C14H13NO/c1-9(2)14(16)12-8-10(3)15-13-7-5-4-6-11(12)13/h4-8H,1H2,2-3H3. The van der Waals surface area contributed by atoms with Crippen molar-refractivity contribution in [3.8, 4) is 0 Å². The quantitative estimate of drug-likeness (QED) is 0.563. The summed E-state index contributed by atoms with van der Waals surface area (Å²) < 4.78 is 0. The molecule has 2 heteroatoms. The van der Waals surface area contributed by atoms with Crippen LogP contribution in [0.4, 0.5) is 0 Å². The lowest BCUT2D eigenvalue weighted by atomic mass is 10.0. The highest BCUT2D eigenvalue weighted by molar-refractivity contribution is 6.15. The molecule has 0 N–H and O–H groups in total. The molecule has 2 aromatic rings. The number of aromatic nitrogens is 1. The van der Waals surface area contributed by atoms with E-state index in [1.54, 1.807) is 6.92 Å². The molecule has 0 unspecified atom stereocenters. The van der Waals surface area contributed by atoms with E-state index in [0.717, 1.165) is 16.6 Å². The highest BCUT2D eigenvalue weighted by Gasteiger charge is 2.11. The van der Waals surface area contributed by atoms with Crippen LogP contribution in [0, 0.1) is 6.92 Å². The van der Waals surface area contributed by atoms with E-state index in [9.17, 15) is 4.79 Å². The summed E-state index contributed by atoms with van der Waals surface area (Å²) in [5.74, 6) is -0.0123. The highest BCUT2D eigenvalue weighted by Crippen LogP contribution is 2.20. The van der Waals surface area contributed by atoms with Gasteiger partial charge in [0.15, 0.2) is 5.78 Å². The lowest BCUT2D eigenvalue weighted by Gasteiger charge is -2.06. The first-order chi connectivity index (χ1) is 7.59.